The lowest BCUT2D eigenvalue weighted by Crippen LogP contribution is -2.25. The van der Waals surface area contributed by atoms with Crippen molar-refractivity contribution in [3.8, 4) is 0 Å². The molecule has 0 aliphatic heterocycles. The van der Waals surface area contributed by atoms with Crippen molar-refractivity contribution >= 4 is 16.5 Å². The first kappa shape index (κ1) is 15.4. The standard InChI is InChI=1S/C14H27N3S/c1-5-13-11-18-14(16-13)15-12(4)9-8-10-17(6-2)7-3/h11-12H,5-10H2,1-4H3,(H,15,16). The SMILES string of the molecule is CCc1csc(NC(C)CCCN(CC)CC)n1. The average Bonchev–Trinajstić information content (AvgIpc) is 2.82. The molecule has 104 valence electrons. The minimum atomic E-state index is 0.511. The van der Waals surface area contributed by atoms with Gasteiger partial charge in [0.2, 0.25) is 0 Å². The van der Waals surface area contributed by atoms with Crippen LogP contribution in [0.25, 0.3) is 0 Å². The molecule has 1 atom stereocenters. The summed E-state index contributed by atoms with van der Waals surface area (Å²) in [4.78, 5) is 7.02. The van der Waals surface area contributed by atoms with Gasteiger partial charge in [0.1, 0.15) is 0 Å². The Hall–Kier alpha value is -0.610. The van der Waals surface area contributed by atoms with Gasteiger partial charge in [-0.2, -0.15) is 0 Å². The highest BCUT2D eigenvalue weighted by atomic mass is 32.1. The first-order valence-electron chi connectivity index (χ1n) is 7.12. The number of nitrogens with one attached hydrogen (secondary N) is 1. The third kappa shape index (κ3) is 5.36. The largest absolute Gasteiger partial charge is 0.359 e. The number of rotatable bonds is 9. The molecule has 18 heavy (non-hydrogen) atoms. The number of anilines is 1. The van der Waals surface area contributed by atoms with E-state index >= 15 is 0 Å². The van der Waals surface area contributed by atoms with Crippen LogP contribution in [0.4, 0.5) is 5.13 Å². The van der Waals surface area contributed by atoms with Crippen molar-refractivity contribution < 1.29 is 0 Å². The molecule has 0 aliphatic rings. The molecule has 0 amide bonds. The number of aromatic nitrogens is 1. The predicted molar refractivity (Wildman–Crippen MR) is 81.6 cm³/mol. The van der Waals surface area contributed by atoms with Gasteiger partial charge in [0, 0.05) is 11.4 Å². The van der Waals surface area contributed by atoms with E-state index in [0.29, 0.717) is 6.04 Å². The fourth-order valence-corrected chi connectivity index (χ4v) is 2.89. The van der Waals surface area contributed by atoms with Gasteiger partial charge in [0.25, 0.3) is 0 Å². The topological polar surface area (TPSA) is 28.2 Å². The first-order chi connectivity index (χ1) is 8.69. The molecular weight excluding hydrogens is 242 g/mol. The molecule has 0 aliphatic carbocycles. The second-order valence-electron chi connectivity index (χ2n) is 4.71. The quantitative estimate of drug-likeness (QED) is 0.742. The molecule has 0 spiro atoms. The molecular formula is C14H27N3S. The van der Waals surface area contributed by atoms with E-state index in [2.05, 4.69) is 48.3 Å². The number of aryl methyl sites for hydroxylation is 1. The third-order valence-corrected chi connectivity index (χ3v) is 4.11. The Labute approximate surface area is 116 Å². The summed E-state index contributed by atoms with van der Waals surface area (Å²) in [7, 11) is 0. The Morgan fingerprint density at radius 1 is 1.33 bits per heavy atom. The second-order valence-corrected chi connectivity index (χ2v) is 5.57. The fraction of sp³-hybridized carbons (Fsp3) is 0.786. The summed E-state index contributed by atoms with van der Waals surface area (Å²) >= 11 is 1.72. The zero-order valence-corrected chi connectivity index (χ0v) is 13.0. The lowest BCUT2D eigenvalue weighted by molar-refractivity contribution is 0.295. The third-order valence-electron chi connectivity index (χ3n) is 3.29. The van der Waals surface area contributed by atoms with Crippen LogP contribution in [0, 0.1) is 0 Å². The molecule has 0 saturated carbocycles. The van der Waals surface area contributed by atoms with Gasteiger partial charge in [0.05, 0.1) is 5.69 Å². The Balaban J connectivity index is 2.22. The van der Waals surface area contributed by atoms with Gasteiger partial charge in [-0.15, -0.1) is 11.3 Å². The summed E-state index contributed by atoms with van der Waals surface area (Å²) in [6.45, 7) is 12.4. The number of hydrogen-bond donors (Lipinski definition) is 1. The van der Waals surface area contributed by atoms with Gasteiger partial charge in [-0.25, -0.2) is 4.98 Å². The normalized spacial score (nSPS) is 12.9. The number of hydrogen-bond acceptors (Lipinski definition) is 4. The number of nitrogens with zero attached hydrogens (tertiary/aromatic N) is 2. The van der Waals surface area contributed by atoms with E-state index in [0.717, 1.165) is 24.6 Å². The summed E-state index contributed by atoms with van der Waals surface area (Å²) in [5.74, 6) is 0. The van der Waals surface area contributed by atoms with Gasteiger partial charge in [-0.1, -0.05) is 20.8 Å². The van der Waals surface area contributed by atoms with E-state index in [4.69, 9.17) is 0 Å². The Morgan fingerprint density at radius 3 is 2.61 bits per heavy atom. The smallest absolute Gasteiger partial charge is 0.183 e. The number of thiazole rings is 1. The van der Waals surface area contributed by atoms with E-state index in [1.165, 1.54) is 25.1 Å². The molecule has 0 aromatic carbocycles. The van der Waals surface area contributed by atoms with Crippen LogP contribution in [0.15, 0.2) is 5.38 Å². The van der Waals surface area contributed by atoms with Crippen LogP contribution in [0.3, 0.4) is 0 Å². The van der Waals surface area contributed by atoms with Crippen LogP contribution in [0.2, 0.25) is 0 Å². The summed E-state index contributed by atoms with van der Waals surface area (Å²) in [5.41, 5.74) is 1.19. The average molecular weight is 269 g/mol. The Bertz CT molecular complexity index is 321. The molecule has 1 aromatic heterocycles. The molecule has 1 aromatic rings. The zero-order chi connectivity index (χ0) is 13.4. The van der Waals surface area contributed by atoms with Crippen LogP contribution < -0.4 is 5.32 Å². The van der Waals surface area contributed by atoms with Crippen molar-refractivity contribution in [2.75, 3.05) is 25.0 Å². The zero-order valence-electron chi connectivity index (χ0n) is 12.2. The van der Waals surface area contributed by atoms with Crippen LogP contribution >= 0.6 is 11.3 Å². The molecule has 0 radical (unpaired) electrons. The molecule has 1 N–H and O–H groups in total. The van der Waals surface area contributed by atoms with E-state index in [1.54, 1.807) is 11.3 Å². The highest BCUT2D eigenvalue weighted by Gasteiger charge is 2.06. The minimum absolute atomic E-state index is 0.511. The molecule has 4 heteroatoms. The van der Waals surface area contributed by atoms with Crippen molar-refractivity contribution in [2.45, 2.75) is 53.0 Å². The van der Waals surface area contributed by atoms with Crippen LogP contribution in [0.1, 0.15) is 46.2 Å². The van der Waals surface area contributed by atoms with Gasteiger partial charge < -0.3 is 10.2 Å². The van der Waals surface area contributed by atoms with E-state index in [9.17, 15) is 0 Å². The van der Waals surface area contributed by atoms with Gasteiger partial charge in [0.15, 0.2) is 5.13 Å². The Kier molecular flexibility index (Phi) is 7.28. The molecule has 0 fully saturated rings. The van der Waals surface area contributed by atoms with Crippen LogP contribution in [-0.2, 0) is 6.42 Å². The van der Waals surface area contributed by atoms with E-state index in [-0.39, 0.29) is 0 Å². The van der Waals surface area contributed by atoms with Gasteiger partial charge in [-0.3, -0.25) is 0 Å². The summed E-state index contributed by atoms with van der Waals surface area (Å²) < 4.78 is 0. The molecule has 1 unspecified atom stereocenters. The highest BCUT2D eigenvalue weighted by Crippen LogP contribution is 2.17. The lowest BCUT2D eigenvalue weighted by atomic mass is 10.2. The monoisotopic (exact) mass is 269 g/mol. The Morgan fingerprint density at radius 2 is 2.06 bits per heavy atom. The van der Waals surface area contributed by atoms with Crippen molar-refractivity contribution in [1.29, 1.82) is 0 Å². The van der Waals surface area contributed by atoms with Crippen LogP contribution in [0.5, 0.6) is 0 Å². The minimum Gasteiger partial charge on any atom is -0.359 e. The molecule has 0 bridgehead atoms. The van der Waals surface area contributed by atoms with Crippen molar-refractivity contribution in [3.63, 3.8) is 0 Å². The molecule has 1 heterocycles. The maximum absolute atomic E-state index is 4.54. The second kappa shape index (κ2) is 8.48. The lowest BCUT2D eigenvalue weighted by Gasteiger charge is -2.19. The summed E-state index contributed by atoms with van der Waals surface area (Å²) in [6.07, 6.45) is 3.48. The predicted octanol–water partition coefficient (Wildman–Crippen LogP) is 3.63. The van der Waals surface area contributed by atoms with Crippen molar-refractivity contribution in [3.05, 3.63) is 11.1 Å². The molecule has 3 nitrogen and oxygen atoms in total. The maximum Gasteiger partial charge on any atom is 0.183 e. The molecule has 1 rings (SSSR count). The van der Waals surface area contributed by atoms with Crippen molar-refractivity contribution in [2.24, 2.45) is 0 Å². The highest BCUT2D eigenvalue weighted by molar-refractivity contribution is 7.13. The first-order valence-corrected chi connectivity index (χ1v) is 8.00. The van der Waals surface area contributed by atoms with Gasteiger partial charge in [-0.05, 0) is 45.8 Å². The van der Waals surface area contributed by atoms with Crippen molar-refractivity contribution in [1.82, 2.24) is 9.88 Å². The van der Waals surface area contributed by atoms with E-state index in [1.807, 2.05) is 0 Å². The van der Waals surface area contributed by atoms with Gasteiger partial charge >= 0.3 is 0 Å². The maximum atomic E-state index is 4.54. The van der Waals surface area contributed by atoms with Crippen LogP contribution in [-0.4, -0.2) is 35.6 Å². The summed E-state index contributed by atoms with van der Waals surface area (Å²) in [5, 5.41) is 6.71. The van der Waals surface area contributed by atoms with E-state index < -0.39 is 0 Å². The molecule has 0 saturated heterocycles. The fourth-order valence-electron chi connectivity index (χ4n) is 1.98. The summed E-state index contributed by atoms with van der Waals surface area (Å²) in [6, 6.07) is 0.511.